The molecule has 0 aliphatic carbocycles. The van der Waals surface area contributed by atoms with Gasteiger partial charge in [-0.2, -0.15) is 0 Å². The lowest BCUT2D eigenvalue weighted by atomic mass is 9.84. The maximum Gasteiger partial charge on any atom is 0.143 e. The number of para-hydroxylation sites is 1. The Balaban J connectivity index is 1.49. The van der Waals surface area contributed by atoms with Gasteiger partial charge in [-0.05, 0) is 72.6 Å². The van der Waals surface area contributed by atoms with E-state index in [0.717, 1.165) is 0 Å². The van der Waals surface area contributed by atoms with Gasteiger partial charge in [0, 0.05) is 16.3 Å². The maximum atomic E-state index is 9.53. The molecule has 0 bridgehead atoms. The lowest BCUT2D eigenvalue weighted by Gasteiger charge is -2.18. The molecule has 0 unspecified atom stereocenters. The second-order valence-corrected chi connectivity index (χ2v) is 10.5. The van der Waals surface area contributed by atoms with Crippen molar-refractivity contribution < 1.29 is 25.0 Å². The van der Waals surface area contributed by atoms with Crippen LogP contribution in [-0.2, 0) is 0 Å². The van der Waals surface area contributed by atoms with Crippen LogP contribution in [0.25, 0.3) is 88.0 Å². The highest BCUT2D eigenvalue weighted by Gasteiger charge is 2.21. The van der Waals surface area contributed by atoms with Crippen molar-refractivity contribution in [1.29, 1.82) is 0 Å². The molecule has 0 radical (unpaired) electrons. The molecule has 0 spiro atoms. The molecular weight excluding hydrogens is 544 g/mol. The molecule has 45 heavy (non-hydrogen) atoms. The van der Waals surface area contributed by atoms with Gasteiger partial charge in [-0.1, -0.05) is 157 Å². The van der Waals surface area contributed by atoms with Gasteiger partial charge < -0.3 is 4.42 Å². The molecule has 1 heteroatoms. The summed E-state index contributed by atoms with van der Waals surface area (Å²) in [6.07, 6.45) is 0. The normalized spacial score (nSPS) is 16.2. The molecule has 0 aliphatic rings. The molecule has 9 aromatic rings. The summed E-state index contributed by atoms with van der Waals surface area (Å²) in [4.78, 5) is 0. The zero-order valence-corrected chi connectivity index (χ0v) is 23.4. The molecule has 1 heterocycles. The number of hydrogen-bond donors (Lipinski definition) is 0. The first-order valence-electron chi connectivity index (χ1n) is 21.7. The van der Waals surface area contributed by atoms with E-state index in [1.807, 2.05) is 0 Å². The minimum Gasteiger partial charge on any atom is -0.455 e. The summed E-state index contributed by atoms with van der Waals surface area (Å²) in [5.41, 5.74) is 0.117. The summed E-state index contributed by atoms with van der Waals surface area (Å²) in [5, 5.41) is 1.66. The Morgan fingerprint density at radius 3 is 1.71 bits per heavy atom. The van der Waals surface area contributed by atoms with Gasteiger partial charge in [-0.3, -0.25) is 0 Å². The summed E-state index contributed by atoms with van der Waals surface area (Å²) in [6, 6.07) is 14.8. The quantitative estimate of drug-likeness (QED) is 0.187. The maximum absolute atomic E-state index is 9.53. The Hall–Kier alpha value is -5.92. The summed E-state index contributed by atoms with van der Waals surface area (Å²) in [7, 11) is 0. The van der Waals surface area contributed by atoms with Gasteiger partial charge >= 0.3 is 0 Å². The van der Waals surface area contributed by atoms with E-state index < -0.39 is 72.0 Å². The van der Waals surface area contributed by atoms with Crippen LogP contribution in [0.1, 0.15) is 20.6 Å². The fourth-order valence-electron chi connectivity index (χ4n) is 6.10. The predicted octanol–water partition coefficient (Wildman–Crippen LogP) is 12.6. The number of furan rings is 1. The van der Waals surface area contributed by atoms with Crippen LogP contribution < -0.4 is 0 Å². The van der Waals surface area contributed by atoms with Gasteiger partial charge in [0.2, 0.25) is 0 Å². The van der Waals surface area contributed by atoms with E-state index in [1.165, 1.54) is 0 Å². The van der Waals surface area contributed by atoms with Crippen molar-refractivity contribution in [1.82, 2.24) is 0 Å². The molecule has 1 nitrogen and oxygen atoms in total. The topological polar surface area (TPSA) is 13.1 Å². The molecule has 1 aromatic heterocycles. The second kappa shape index (κ2) is 10.4. The van der Waals surface area contributed by atoms with Crippen molar-refractivity contribution in [2.24, 2.45) is 0 Å². The number of hydrogen-bond acceptors (Lipinski definition) is 1. The molecule has 0 saturated carbocycles. The fourth-order valence-corrected chi connectivity index (χ4v) is 6.10. The minimum atomic E-state index is -0.699. The van der Waals surface area contributed by atoms with E-state index in [4.69, 9.17) is 19.5 Å². The number of fused-ring (bicyclic) bond motifs is 5. The molecule has 0 N–H and O–H groups in total. The van der Waals surface area contributed by atoms with Gasteiger partial charge in [0.1, 0.15) is 11.2 Å². The molecule has 0 fully saturated rings. The number of rotatable bonds is 4. The van der Waals surface area contributed by atoms with Crippen LogP contribution in [0, 0.1) is 0 Å². The molecular formula is C44H28O. The van der Waals surface area contributed by atoms with Crippen LogP contribution in [0.3, 0.4) is 0 Å². The summed E-state index contributed by atoms with van der Waals surface area (Å²) >= 11 is 0. The highest BCUT2D eigenvalue weighted by molar-refractivity contribution is 6.26. The number of benzene rings is 8. The van der Waals surface area contributed by atoms with Gasteiger partial charge in [0.15, 0.2) is 0 Å². The lowest BCUT2D eigenvalue weighted by Crippen LogP contribution is -1.91. The smallest absolute Gasteiger partial charge is 0.143 e. The summed E-state index contributed by atoms with van der Waals surface area (Å²) in [5.74, 6) is 0. The highest BCUT2D eigenvalue weighted by Crippen LogP contribution is 2.47. The lowest BCUT2D eigenvalue weighted by molar-refractivity contribution is 0.670. The first kappa shape index (κ1) is 14.7. The van der Waals surface area contributed by atoms with E-state index >= 15 is 0 Å². The van der Waals surface area contributed by atoms with E-state index in [9.17, 15) is 5.48 Å². The van der Waals surface area contributed by atoms with Crippen molar-refractivity contribution in [2.75, 3.05) is 0 Å². The van der Waals surface area contributed by atoms with Gasteiger partial charge in [0.05, 0.1) is 20.6 Å². The van der Waals surface area contributed by atoms with Crippen LogP contribution in [0.5, 0.6) is 0 Å². The Bertz CT molecular complexity index is 3290. The van der Waals surface area contributed by atoms with E-state index in [0.29, 0.717) is 38.2 Å². The van der Waals surface area contributed by atoms with Crippen LogP contribution in [0.15, 0.2) is 174 Å². The van der Waals surface area contributed by atoms with Crippen molar-refractivity contribution in [3.05, 3.63) is 169 Å². The third kappa shape index (κ3) is 4.09. The molecule has 0 amide bonds. The largest absolute Gasteiger partial charge is 0.455 e. The van der Waals surface area contributed by atoms with E-state index in [2.05, 4.69) is 0 Å². The zero-order valence-electron chi connectivity index (χ0n) is 38.4. The molecule has 210 valence electrons. The Morgan fingerprint density at radius 1 is 0.400 bits per heavy atom. The van der Waals surface area contributed by atoms with Crippen molar-refractivity contribution >= 4 is 43.5 Å². The van der Waals surface area contributed by atoms with Crippen LogP contribution in [0.2, 0.25) is 0 Å². The monoisotopic (exact) mass is 587 g/mol. The molecule has 0 aliphatic heterocycles. The van der Waals surface area contributed by atoms with Crippen molar-refractivity contribution in [3.8, 4) is 44.5 Å². The van der Waals surface area contributed by atoms with E-state index in [1.54, 1.807) is 78.9 Å². The molecule has 9 rings (SSSR count). The Morgan fingerprint density at radius 2 is 0.978 bits per heavy atom. The Labute approximate surface area is 282 Å². The average Bonchev–Trinajstić information content (AvgIpc) is 3.65. The van der Waals surface area contributed by atoms with E-state index in [-0.39, 0.29) is 68.4 Å². The first-order valence-corrected chi connectivity index (χ1v) is 14.2. The third-order valence-electron chi connectivity index (χ3n) is 7.99. The van der Waals surface area contributed by atoms with Gasteiger partial charge in [-0.25, -0.2) is 0 Å². The zero-order chi connectivity index (χ0) is 42.8. The van der Waals surface area contributed by atoms with Crippen LogP contribution >= 0.6 is 0 Å². The highest BCUT2D eigenvalue weighted by atomic mass is 16.3. The average molecular weight is 588 g/mol. The summed E-state index contributed by atoms with van der Waals surface area (Å²) in [6.45, 7) is 0. The predicted molar refractivity (Wildman–Crippen MR) is 190 cm³/mol. The fraction of sp³-hybridized carbons (Fsp3) is 0. The standard InChI is InChI=1S/C44H28O/c1-3-14-29(15-4-1)31-18-11-19-32(28-31)41-34-20-7-9-22-36(34)42(37-23-10-8-21-35(37)41)38-25-13-27-40-43(38)39-26-12-24-33(44(39)45-40)30-16-5-2-6-17-30/h1-28H/i2D,5D,6D,11D,12D,13D,16D,17D,18D,19D,24D,25D,26D,27D,28D. The molecule has 0 saturated heterocycles. The van der Waals surface area contributed by atoms with Crippen LogP contribution in [0.4, 0.5) is 0 Å². The van der Waals surface area contributed by atoms with Crippen LogP contribution in [-0.4, -0.2) is 0 Å². The Kier molecular flexibility index (Phi) is 3.39. The molecule has 8 aromatic carbocycles. The SMILES string of the molecule is [2H]c1c([2H])c([2H])c(-c2c([2H])c([2H])c([2H])c3c2oc2c([2H])c([2H])c([2H])c(-c4c5ccccc5c(-c5c([2H])c([2H])c([2H])c(-c6ccccc6)c5[2H])c5ccccc45)c23)c([2H])c1[2H]. The third-order valence-corrected chi connectivity index (χ3v) is 7.99. The second-order valence-electron chi connectivity index (χ2n) is 10.5. The van der Waals surface area contributed by atoms with Gasteiger partial charge in [0.25, 0.3) is 0 Å². The minimum absolute atomic E-state index is 0.0196. The summed E-state index contributed by atoms with van der Waals surface area (Å²) < 4.78 is 140. The molecule has 0 atom stereocenters. The van der Waals surface area contributed by atoms with Gasteiger partial charge in [-0.15, -0.1) is 0 Å². The first-order chi connectivity index (χ1) is 28.6. The van der Waals surface area contributed by atoms with Crippen molar-refractivity contribution in [2.45, 2.75) is 0 Å². The van der Waals surface area contributed by atoms with Crippen molar-refractivity contribution in [3.63, 3.8) is 0 Å².